The molecule has 24 nitrogen and oxygen atoms in total. The van der Waals surface area contributed by atoms with Gasteiger partial charge in [0, 0.05) is 60.9 Å². The lowest BCUT2D eigenvalue weighted by atomic mass is 9.87. The summed E-state index contributed by atoms with van der Waals surface area (Å²) in [5, 5.41) is 30.1. The van der Waals surface area contributed by atoms with E-state index in [4.69, 9.17) is 28.7 Å². The number of rotatable bonds is 31. The Bertz CT molecular complexity index is 2360. The SMILES string of the molecule is CCC(C)CCCCC(=O)N[C@@H](CCN)C(=O)C[C@H](C(=O)N[C@@H](CCN)C(=O)C[C@H]1CCNC(=O)[C@H](C(C)C)CC(=O)[C@H](CCN)NC(=O)[C@H](CCN)NC(=O)[C@H](CC(C)C)NC(=O)[C@@H](Cc2ccc(Br)cc2)CC(=O)[C@H](CCN)NC1=O)C(C)O. The van der Waals surface area contributed by atoms with E-state index in [-0.39, 0.29) is 115 Å². The third-order valence-corrected chi connectivity index (χ3v) is 16.4. The molecule has 1 aromatic carbocycles. The summed E-state index contributed by atoms with van der Waals surface area (Å²) in [7, 11) is 0. The van der Waals surface area contributed by atoms with Crippen LogP contribution in [0, 0.1) is 41.4 Å². The van der Waals surface area contributed by atoms with Gasteiger partial charge in [-0.15, -0.1) is 0 Å². The number of nitrogens with one attached hydrogen (secondary N) is 7. The highest BCUT2D eigenvalue weighted by molar-refractivity contribution is 9.10. The second kappa shape index (κ2) is 40.8. The average molecular weight is 1280 g/mol. The van der Waals surface area contributed by atoms with E-state index in [2.05, 4.69) is 67.0 Å². The molecule has 0 aromatic heterocycles. The third-order valence-electron chi connectivity index (χ3n) is 15.9. The number of hydrogen-bond donors (Lipinski definition) is 13. The first-order valence-corrected chi connectivity index (χ1v) is 31.7. The van der Waals surface area contributed by atoms with Gasteiger partial charge in [0.1, 0.15) is 12.1 Å². The first-order valence-electron chi connectivity index (χ1n) is 30.9. The molecule has 18 N–H and O–H groups in total. The largest absolute Gasteiger partial charge is 0.393 e. The van der Waals surface area contributed by atoms with E-state index in [1.807, 2.05) is 13.8 Å². The van der Waals surface area contributed by atoms with Crippen molar-refractivity contribution >= 4 is 80.4 Å². The molecule has 86 heavy (non-hydrogen) atoms. The van der Waals surface area contributed by atoms with Gasteiger partial charge < -0.3 is 71.0 Å². The molecule has 1 aliphatic heterocycles. The molecule has 1 aliphatic rings. The van der Waals surface area contributed by atoms with Crippen LogP contribution in [0.5, 0.6) is 0 Å². The number of aliphatic hydroxyl groups is 1. The van der Waals surface area contributed by atoms with Crippen LogP contribution in [-0.4, -0.2) is 151 Å². The molecule has 2 rings (SSSR count). The standard InChI is InChI=1S/C61H103BrN12O12/c1-8-37(6)11-9-10-12-55(80)69-45(17-23-63)54(79)34-44(38(7)75)59(84)71-47(19-25-65)51(76)31-40-22-28-68-58(83)43(36(4)5)33-53(78)48(20-26-66)72-60(85)49(21-27-67)73-61(86)50(29-35(2)3)74-57(82)41(30-39-13-15-42(62)16-14-39)32-52(77)46(18-24-64)70-56(40)81/h13-16,35-38,40-41,43-50,75H,8-12,17-34,63-67H2,1-7H3,(H,68,83)(H,69,80)(H,70,81)(H,71,84)(H,72,85)(H,73,86)(H,74,82)/t37?,38?,40-,41+,43+,44+,45+,46+,47+,48+,49+,50+/m1/s1. The van der Waals surface area contributed by atoms with Crippen LogP contribution < -0.4 is 65.9 Å². The van der Waals surface area contributed by atoms with E-state index in [0.717, 1.165) is 23.7 Å². The zero-order valence-electron chi connectivity index (χ0n) is 51.9. The molecule has 25 heteroatoms. The topological polar surface area (TPSA) is 422 Å². The number of benzene rings is 1. The van der Waals surface area contributed by atoms with Crippen molar-refractivity contribution < 1.29 is 57.8 Å². The number of carbonyl (C=O) groups excluding carboxylic acids is 11. The third kappa shape index (κ3) is 27.6. The molecule has 1 heterocycles. The lowest BCUT2D eigenvalue weighted by Crippen LogP contribution is -2.57. The van der Waals surface area contributed by atoms with Crippen LogP contribution >= 0.6 is 15.9 Å². The van der Waals surface area contributed by atoms with Crippen molar-refractivity contribution in [2.24, 2.45) is 70.1 Å². The molecule has 0 saturated carbocycles. The number of ketones is 4. The van der Waals surface area contributed by atoms with Gasteiger partial charge in [-0.05, 0) is 133 Å². The Hall–Kier alpha value is -5.57. The van der Waals surface area contributed by atoms with Crippen LogP contribution in [-0.2, 0) is 59.2 Å². The summed E-state index contributed by atoms with van der Waals surface area (Å²) in [6.45, 7) is 12.2. The fourth-order valence-electron chi connectivity index (χ4n) is 10.3. The van der Waals surface area contributed by atoms with E-state index >= 15 is 0 Å². The normalized spacial score (nSPS) is 22.7. The maximum Gasteiger partial charge on any atom is 0.243 e. The smallest absolute Gasteiger partial charge is 0.243 e. The zero-order chi connectivity index (χ0) is 64.6. The molecule has 1 aromatic rings. The van der Waals surface area contributed by atoms with E-state index in [1.165, 1.54) is 6.92 Å². The number of nitrogens with two attached hydrogens (primary N) is 5. The van der Waals surface area contributed by atoms with E-state index in [0.29, 0.717) is 17.9 Å². The molecule has 12 atom stereocenters. The monoisotopic (exact) mass is 1270 g/mol. The fraction of sp³-hybridized carbons (Fsp3) is 0.721. The van der Waals surface area contributed by atoms with Crippen LogP contribution in [0.3, 0.4) is 0 Å². The summed E-state index contributed by atoms with van der Waals surface area (Å²) in [5.74, 6) is -12.0. The van der Waals surface area contributed by atoms with Gasteiger partial charge in [0.25, 0.3) is 0 Å². The summed E-state index contributed by atoms with van der Waals surface area (Å²) in [6.07, 6.45) is -0.0324. The van der Waals surface area contributed by atoms with Crippen molar-refractivity contribution in [2.75, 3.05) is 39.3 Å². The molecular formula is C61H103BrN12O12. The minimum absolute atomic E-state index is 0.00896. The Morgan fingerprint density at radius 1 is 0.628 bits per heavy atom. The Balaban J connectivity index is 2.69. The number of amides is 7. The Morgan fingerprint density at radius 3 is 1.70 bits per heavy atom. The molecule has 0 radical (unpaired) electrons. The van der Waals surface area contributed by atoms with Crippen LogP contribution in [0.4, 0.5) is 0 Å². The molecule has 0 bridgehead atoms. The molecule has 1 fully saturated rings. The predicted molar refractivity (Wildman–Crippen MR) is 332 cm³/mol. The molecular weight excluding hydrogens is 1170 g/mol. The van der Waals surface area contributed by atoms with Gasteiger partial charge in [0.05, 0.1) is 36.2 Å². The number of aliphatic hydroxyl groups excluding tert-OH is 1. The lowest BCUT2D eigenvalue weighted by molar-refractivity contribution is -0.137. The highest BCUT2D eigenvalue weighted by atomic mass is 79.9. The van der Waals surface area contributed by atoms with Crippen molar-refractivity contribution in [1.82, 2.24) is 37.2 Å². The van der Waals surface area contributed by atoms with Crippen molar-refractivity contribution in [1.29, 1.82) is 0 Å². The number of Topliss-reactive ketones (excluding diaryl/α,β-unsaturated/α-hetero) is 4. The highest BCUT2D eigenvalue weighted by Crippen LogP contribution is 2.23. The van der Waals surface area contributed by atoms with Gasteiger partial charge in [0.15, 0.2) is 23.1 Å². The predicted octanol–water partition coefficient (Wildman–Crippen LogP) is 1.16. The van der Waals surface area contributed by atoms with E-state index in [1.54, 1.807) is 38.1 Å². The summed E-state index contributed by atoms with van der Waals surface area (Å²) in [4.78, 5) is 156. The molecule has 2 unspecified atom stereocenters. The van der Waals surface area contributed by atoms with Crippen LogP contribution in [0.2, 0.25) is 0 Å². The minimum Gasteiger partial charge on any atom is -0.393 e. The van der Waals surface area contributed by atoms with Crippen molar-refractivity contribution in [2.45, 2.75) is 200 Å². The summed E-state index contributed by atoms with van der Waals surface area (Å²) in [6, 6.07) is -0.320. The van der Waals surface area contributed by atoms with Crippen molar-refractivity contribution in [3.63, 3.8) is 0 Å². The Morgan fingerprint density at radius 2 is 1.15 bits per heavy atom. The summed E-state index contributed by atoms with van der Waals surface area (Å²) < 4.78 is 0.752. The minimum atomic E-state index is -1.41. The van der Waals surface area contributed by atoms with E-state index < -0.39 is 150 Å². The Labute approximate surface area is 516 Å². The quantitative estimate of drug-likeness (QED) is 0.0464. The van der Waals surface area contributed by atoms with Gasteiger partial charge in [-0.3, -0.25) is 52.7 Å². The molecule has 1 saturated heterocycles. The van der Waals surface area contributed by atoms with Gasteiger partial charge in [0.2, 0.25) is 41.4 Å². The first-order chi connectivity index (χ1) is 40.7. The van der Waals surface area contributed by atoms with Crippen LogP contribution in [0.25, 0.3) is 0 Å². The average Bonchev–Trinajstić information content (AvgIpc) is 3.59. The molecule has 486 valence electrons. The summed E-state index contributed by atoms with van der Waals surface area (Å²) >= 11 is 3.42. The number of unbranched alkanes of at least 4 members (excludes halogenated alkanes) is 1. The van der Waals surface area contributed by atoms with E-state index in [9.17, 15) is 57.8 Å². The second-order valence-corrected chi connectivity index (χ2v) is 24.8. The first kappa shape index (κ1) is 76.5. The fourth-order valence-corrected chi connectivity index (χ4v) is 10.6. The molecule has 7 amide bonds. The Kier molecular flexibility index (Phi) is 36.3. The highest BCUT2D eigenvalue weighted by Gasteiger charge is 2.38. The van der Waals surface area contributed by atoms with Crippen molar-refractivity contribution in [3.05, 3.63) is 34.3 Å². The molecule has 0 spiro atoms. The van der Waals surface area contributed by atoms with Gasteiger partial charge >= 0.3 is 0 Å². The number of halogens is 1. The van der Waals surface area contributed by atoms with Gasteiger partial charge in [-0.2, -0.15) is 0 Å². The number of hydrogen-bond acceptors (Lipinski definition) is 17. The second-order valence-electron chi connectivity index (χ2n) is 23.9. The van der Waals surface area contributed by atoms with Gasteiger partial charge in [-0.25, -0.2) is 0 Å². The van der Waals surface area contributed by atoms with Crippen LogP contribution in [0.1, 0.15) is 157 Å². The molecule has 0 aliphatic carbocycles. The lowest BCUT2D eigenvalue weighted by Gasteiger charge is -2.28. The van der Waals surface area contributed by atoms with Gasteiger partial charge in [-0.1, -0.05) is 88.9 Å². The van der Waals surface area contributed by atoms with Crippen LogP contribution in [0.15, 0.2) is 28.7 Å². The van der Waals surface area contributed by atoms with Crippen molar-refractivity contribution in [3.8, 4) is 0 Å². The maximum absolute atomic E-state index is 14.7. The summed E-state index contributed by atoms with van der Waals surface area (Å²) in [5.41, 5.74) is 30.4. The maximum atomic E-state index is 14.7. The zero-order valence-corrected chi connectivity index (χ0v) is 53.4. The number of carbonyl (C=O) groups is 11.